The van der Waals surface area contributed by atoms with Crippen LogP contribution in [-0.4, -0.2) is 4.98 Å². The Kier molecular flexibility index (Phi) is 3.57. The number of rotatable bonds is 2. The summed E-state index contributed by atoms with van der Waals surface area (Å²) in [7, 11) is 0. The Hall–Kier alpha value is -2.41. The predicted octanol–water partition coefficient (Wildman–Crippen LogP) is 5.34. The van der Waals surface area contributed by atoms with Gasteiger partial charge in [0.05, 0.1) is 5.69 Å². The summed E-state index contributed by atoms with van der Waals surface area (Å²) in [6.07, 6.45) is 1.93. The Morgan fingerprint density at radius 3 is 2.14 bits per heavy atom. The van der Waals surface area contributed by atoms with E-state index in [1.807, 2.05) is 12.3 Å². The zero-order valence-electron chi connectivity index (χ0n) is 12.7. The Morgan fingerprint density at radius 1 is 0.714 bits per heavy atom. The fraction of sp³-hybridized carbons (Fsp3) is 0.150. The lowest BCUT2D eigenvalue weighted by molar-refractivity contribution is 1.22. The van der Waals surface area contributed by atoms with Crippen LogP contribution in [0.4, 0.5) is 0 Å². The molecule has 0 radical (unpaired) electrons. The lowest BCUT2D eigenvalue weighted by atomic mass is 9.96. The number of hydrogen-bond acceptors (Lipinski definition) is 1. The average molecular weight is 273 g/mol. The summed E-state index contributed by atoms with van der Waals surface area (Å²) in [5.74, 6) is 0. The monoisotopic (exact) mass is 273 g/mol. The van der Waals surface area contributed by atoms with Crippen molar-refractivity contribution in [1.82, 2.24) is 4.98 Å². The molecule has 1 nitrogen and oxygen atoms in total. The normalized spacial score (nSPS) is 10.6. The van der Waals surface area contributed by atoms with E-state index in [2.05, 4.69) is 74.3 Å². The molecule has 21 heavy (non-hydrogen) atoms. The van der Waals surface area contributed by atoms with Crippen LogP contribution in [0.15, 0.2) is 60.8 Å². The Labute approximate surface area is 126 Å². The summed E-state index contributed by atoms with van der Waals surface area (Å²) in [4.78, 5) is 4.59. The fourth-order valence-electron chi connectivity index (χ4n) is 2.77. The van der Waals surface area contributed by atoms with Gasteiger partial charge in [-0.3, -0.25) is 4.98 Å². The number of pyridine rings is 1. The fourth-order valence-corrected chi connectivity index (χ4v) is 2.77. The van der Waals surface area contributed by atoms with Crippen molar-refractivity contribution in [3.63, 3.8) is 0 Å². The van der Waals surface area contributed by atoms with Crippen LogP contribution in [0.5, 0.6) is 0 Å². The standard InChI is InChI=1S/C20H19N/c1-14-11-16(3)20(21-13-14)18-9-10-19(15(2)12-18)17-7-5-4-6-8-17/h4-13H,1-3H3. The number of hydrogen-bond donors (Lipinski definition) is 0. The van der Waals surface area contributed by atoms with E-state index in [0.29, 0.717) is 0 Å². The molecule has 0 aliphatic carbocycles. The lowest BCUT2D eigenvalue weighted by Crippen LogP contribution is -1.91. The summed E-state index contributed by atoms with van der Waals surface area (Å²) in [6.45, 7) is 6.36. The first-order chi connectivity index (χ1) is 10.1. The van der Waals surface area contributed by atoms with Crippen LogP contribution in [0, 0.1) is 20.8 Å². The van der Waals surface area contributed by atoms with Gasteiger partial charge in [0.1, 0.15) is 0 Å². The maximum absolute atomic E-state index is 4.59. The highest BCUT2D eigenvalue weighted by molar-refractivity contribution is 5.73. The molecule has 2 aromatic carbocycles. The van der Waals surface area contributed by atoms with Crippen molar-refractivity contribution in [2.45, 2.75) is 20.8 Å². The molecular formula is C20H19N. The number of benzene rings is 2. The van der Waals surface area contributed by atoms with Gasteiger partial charge in [-0.05, 0) is 54.7 Å². The molecule has 0 bridgehead atoms. The molecule has 0 amide bonds. The van der Waals surface area contributed by atoms with Gasteiger partial charge in [0.15, 0.2) is 0 Å². The smallest absolute Gasteiger partial charge is 0.0731 e. The minimum atomic E-state index is 1.07. The summed E-state index contributed by atoms with van der Waals surface area (Å²) in [5.41, 5.74) is 8.50. The molecule has 3 aromatic rings. The van der Waals surface area contributed by atoms with Gasteiger partial charge in [0, 0.05) is 11.8 Å². The molecule has 0 saturated carbocycles. The molecule has 0 spiro atoms. The van der Waals surface area contributed by atoms with Gasteiger partial charge in [-0.2, -0.15) is 0 Å². The van der Waals surface area contributed by atoms with E-state index in [9.17, 15) is 0 Å². The Balaban J connectivity index is 2.06. The topological polar surface area (TPSA) is 12.9 Å². The highest BCUT2D eigenvalue weighted by atomic mass is 14.7. The molecule has 0 saturated heterocycles. The van der Waals surface area contributed by atoms with Gasteiger partial charge in [0.25, 0.3) is 0 Å². The number of nitrogens with zero attached hydrogens (tertiary/aromatic N) is 1. The summed E-state index contributed by atoms with van der Waals surface area (Å²) >= 11 is 0. The largest absolute Gasteiger partial charge is 0.256 e. The minimum absolute atomic E-state index is 1.07. The average Bonchev–Trinajstić information content (AvgIpc) is 2.48. The van der Waals surface area contributed by atoms with Crippen LogP contribution < -0.4 is 0 Å². The molecule has 0 unspecified atom stereocenters. The highest BCUT2D eigenvalue weighted by Crippen LogP contribution is 2.29. The summed E-state index contributed by atoms with van der Waals surface area (Å²) in [6, 6.07) is 19.3. The first-order valence-corrected chi connectivity index (χ1v) is 7.25. The summed E-state index contributed by atoms with van der Waals surface area (Å²) in [5, 5.41) is 0. The third-order valence-electron chi connectivity index (χ3n) is 3.80. The third-order valence-corrected chi connectivity index (χ3v) is 3.80. The molecule has 3 rings (SSSR count). The molecule has 1 heterocycles. The second-order valence-electron chi connectivity index (χ2n) is 5.57. The van der Waals surface area contributed by atoms with E-state index >= 15 is 0 Å². The van der Waals surface area contributed by atoms with E-state index in [4.69, 9.17) is 0 Å². The molecule has 0 aliphatic heterocycles. The van der Waals surface area contributed by atoms with E-state index < -0.39 is 0 Å². The van der Waals surface area contributed by atoms with Crippen molar-refractivity contribution >= 4 is 0 Å². The highest BCUT2D eigenvalue weighted by Gasteiger charge is 2.07. The van der Waals surface area contributed by atoms with Crippen LogP contribution in [-0.2, 0) is 0 Å². The van der Waals surface area contributed by atoms with Crippen molar-refractivity contribution in [3.8, 4) is 22.4 Å². The lowest BCUT2D eigenvalue weighted by Gasteiger charge is -2.10. The van der Waals surface area contributed by atoms with Crippen LogP contribution in [0.25, 0.3) is 22.4 Å². The maximum atomic E-state index is 4.59. The van der Waals surface area contributed by atoms with E-state index in [0.717, 1.165) is 5.69 Å². The molecule has 0 fully saturated rings. The van der Waals surface area contributed by atoms with Crippen molar-refractivity contribution in [2.24, 2.45) is 0 Å². The number of aromatic nitrogens is 1. The molecule has 0 aliphatic rings. The Morgan fingerprint density at radius 2 is 1.48 bits per heavy atom. The second kappa shape index (κ2) is 5.53. The molecule has 0 atom stereocenters. The minimum Gasteiger partial charge on any atom is -0.256 e. The van der Waals surface area contributed by atoms with Crippen LogP contribution >= 0.6 is 0 Å². The van der Waals surface area contributed by atoms with Gasteiger partial charge < -0.3 is 0 Å². The Bertz CT molecular complexity index is 773. The maximum Gasteiger partial charge on any atom is 0.0731 e. The molecule has 104 valence electrons. The first-order valence-electron chi connectivity index (χ1n) is 7.25. The van der Waals surface area contributed by atoms with Crippen molar-refractivity contribution in [2.75, 3.05) is 0 Å². The number of aryl methyl sites for hydroxylation is 3. The van der Waals surface area contributed by atoms with Crippen molar-refractivity contribution in [3.05, 3.63) is 77.5 Å². The molecule has 1 heteroatoms. The second-order valence-corrected chi connectivity index (χ2v) is 5.57. The molecular weight excluding hydrogens is 254 g/mol. The zero-order chi connectivity index (χ0) is 14.8. The third kappa shape index (κ3) is 2.73. The van der Waals surface area contributed by atoms with E-state index in [1.54, 1.807) is 0 Å². The van der Waals surface area contributed by atoms with Gasteiger partial charge in [-0.25, -0.2) is 0 Å². The zero-order valence-corrected chi connectivity index (χ0v) is 12.7. The molecule has 1 aromatic heterocycles. The van der Waals surface area contributed by atoms with Crippen LogP contribution in [0.2, 0.25) is 0 Å². The van der Waals surface area contributed by atoms with Crippen LogP contribution in [0.1, 0.15) is 16.7 Å². The van der Waals surface area contributed by atoms with E-state index in [1.165, 1.54) is 33.4 Å². The van der Waals surface area contributed by atoms with E-state index in [-0.39, 0.29) is 0 Å². The predicted molar refractivity (Wildman–Crippen MR) is 89.3 cm³/mol. The first kappa shape index (κ1) is 13.6. The SMILES string of the molecule is Cc1cnc(-c2ccc(-c3ccccc3)c(C)c2)c(C)c1. The van der Waals surface area contributed by atoms with Gasteiger partial charge >= 0.3 is 0 Å². The van der Waals surface area contributed by atoms with Gasteiger partial charge in [-0.15, -0.1) is 0 Å². The van der Waals surface area contributed by atoms with Gasteiger partial charge in [0.2, 0.25) is 0 Å². The van der Waals surface area contributed by atoms with Crippen LogP contribution in [0.3, 0.4) is 0 Å². The van der Waals surface area contributed by atoms with Crippen molar-refractivity contribution in [1.29, 1.82) is 0 Å². The summed E-state index contributed by atoms with van der Waals surface area (Å²) < 4.78 is 0. The quantitative estimate of drug-likeness (QED) is 0.614. The molecule has 0 N–H and O–H groups in total. The van der Waals surface area contributed by atoms with Crippen molar-refractivity contribution < 1.29 is 0 Å². The van der Waals surface area contributed by atoms with Gasteiger partial charge in [-0.1, -0.05) is 48.5 Å².